The van der Waals surface area contributed by atoms with Crippen LogP contribution in [0.3, 0.4) is 0 Å². The predicted octanol–water partition coefficient (Wildman–Crippen LogP) is 9.65. The predicted molar refractivity (Wildman–Crippen MR) is 360 cm³/mol. The highest BCUT2D eigenvalue weighted by Gasteiger charge is 2.29. The van der Waals surface area contributed by atoms with E-state index >= 15 is 0 Å². The van der Waals surface area contributed by atoms with Crippen LogP contribution in [-0.4, -0.2) is 116 Å². The summed E-state index contributed by atoms with van der Waals surface area (Å²) in [6, 6.07) is 12.8. The Morgan fingerprint density at radius 1 is 0.608 bits per heavy atom. The summed E-state index contributed by atoms with van der Waals surface area (Å²) in [5.74, 6) is -3.79. The van der Waals surface area contributed by atoms with E-state index < -0.39 is 40.9 Å². The largest absolute Gasteiger partial charge is 1.00 e. The van der Waals surface area contributed by atoms with Gasteiger partial charge in [-0.3, -0.25) is 34.1 Å². The summed E-state index contributed by atoms with van der Waals surface area (Å²) in [4.78, 5) is 79.3. The number of nitrogens with one attached hydrogen (secondary N) is 3. The smallest absolute Gasteiger partial charge is 0.303 e. The number of benzene rings is 4. The number of aliphatic hydroxyl groups excluding tert-OH is 1. The Labute approximate surface area is 585 Å². The number of alkyl halides is 1. The number of aryl methyl sites for hydroxylation is 1. The lowest BCUT2D eigenvalue weighted by atomic mass is 10.0. The molecule has 0 saturated carbocycles. The van der Waals surface area contributed by atoms with Crippen molar-refractivity contribution in [1.82, 2.24) is 24.4 Å². The van der Waals surface area contributed by atoms with Gasteiger partial charge in [-0.1, -0.05) is 69.1 Å². The number of hydrogen-bond donors (Lipinski definition) is 6. The van der Waals surface area contributed by atoms with Gasteiger partial charge < -0.3 is 71.8 Å². The highest BCUT2D eigenvalue weighted by molar-refractivity contribution is 9.09. The number of carbonyl (C=O) groups is 7. The number of esters is 1. The molecule has 0 fully saturated rings. The van der Waals surface area contributed by atoms with Crippen LogP contribution in [0.25, 0.3) is 0 Å². The topological polar surface area (TPSA) is 282 Å². The highest BCUT2D eigenvalue weighted by Crippen LogP contribution is 2.35. The molecular weight excluding hydrogens is 1400 g/mol. The van der Waals surface area contributed by atoms with Gasteiger partial charge in [0, 0.05) is 117 Å². The van der Waals surface area contributed by atoms with Crippen molar-refractivity contribution in [2.45, 2.75) is 156 Å². The van der Waals surface area contributed by atoms with Crippen LogP contribution >= 0.6 is 40.4 Å². The maximum absolute atomic E-state index is 13.7. The third-order valence-corrected chi connectivity index (χ3v) is 15.2. The molecule has 8 N–H and O–H groups in total. The number of imidazole rings is 2. The number of ether oxygens (including phenoxy) is 4. The van der Waals surface area contributed by atoms with Crippen LogP contribution in [0.15, 0.2) is 73.1 Å². The molecule has 0 spiro atoms. The number of aliphatic hydroxyl groups is 1. The zero-order valence-corrected chi connectivity index (χ0v) is 59.3. The van der Waals surface area contributed by atoms with E-state index in [1.165, 1.54) is 25.1 Å². The Hall–Kier alpha value is -7.34. The van der Waals surface area contributed by atoms with Crippen molar-refractivity contribution in [3.63, 3.8) is 0 Å². The highest BCUT2D eigenvalue weighted by atomic mass is 79.9. The Morgan fingerprint density at radius 3 is 1.36 bits per heavy atom. The van der Waals surface area contributed by atoms with E-state index in [2.05, 4.69) is 42.9 Å². The molecule has 0 radical (unpaired) electrons. The van der Waals surface area contributed by atoms with Gasteiger partial charge in [0.25, 0.3) is 11.8 Å². The molecule has 2 aromatic heterocycles. The third-order valence-electron chi connectivity index (χ3n) is 13.9. The summed E-state index contributed by atoms with van der Waals surface area (Å²) in [7, 11) is 0. The first kappa shape index (κ1) is 85.7. The summed E-state index contributed by atoms with van der Waals surface area (Å²) in [5.41, 5.74) is 15.8. The van der Waals surface area contributed by atoms with Gasteiger partial charge in [-0.05, 0) is 107 Å². The van der Waals surface area contributed by atoms with Crippen LogP contribution in [0.4, 0.5) is 26.3 Å². The van der Waals surface area contributed by atoms with Crippen LogP contribution in [-0.2, 0) is 60.8 Å². The molecule has 6 heterocycles. The molecule has 4 aliphatic rings. The number of fused-ring (bicyclic) bond motifs is 4. The van der Waals surface area contributed by atoms with E-state index in [-0.39, 0.29) is 96.8 Å². The number of aromatic amines is 2. The van der Waals surface area contributed by atoms with Crippen molar-refractivity contribution in [2.24, 2.45) is 11.5 Å². The monoisotopic (exact) mass is 1480 g/mol. The molecule has 4 aliphatic heterocycles. The second kappa shape index (κ2) is 45.3. The normalized spacial score (nSPS) is 14.7. The Balaban J connectivity index is 0.000000393. The fourth-order valence-corrected chi connectivity index (χ4v) is 10.7. The molecule has 4 aromatic carbocycles. The van der Waals surface area contributed by atoms with Gasteiger partial charge in [0.15, 0.2) is 55.8 Å². The SMILES string of the molecule is CCCC(=O)CBr.CCCC(=O)CO.CCCC(=O)COC(C)=O.CCCC(C)=O.CCCc1c[nH]c(=S)n1[C@H]1COc2c(F)cc(F)cc2C1.NCCc1c[nH]c(=S)n1[C@H]1COc2c(F)cc(F)cc2C1.N[C@H]1COc2c(F)cc(F)cc2C1.O=C1NC(=O)c2ccccc21.[Cl-]. The fourth-order valence-electron chi connectivity index (χ4n) is 9.75. The van der Waals surface area contributed by atoms with Gasteiger partial charge >= 0.3 is 5.97 Å². The molecule has 3 atom stereocenters. The number of hydrogen-bond acceptors (Lipinski definition) is 16. The van der Waals surface area contributed by atoms with E-state index in [1.54, 1.807) is 31.2 Å². The number of H-pyrrole nitrogens is 2. The number of halogens is 8. The molecular formula is C68H86BrClF6N7O12S2-. The number of rotatable bonds is 18. The van der Waals surface area contributed by atoms with Crippen molar-refractivity contribution in [1.29, 1.82) is 0 Å². The number of nitrogens with zero attached hydrogens (tertiary/aromatic N) is 2. The van der Waals surface area contributed by atoms with Gasteiger partial charge in [0.2, 0.25) is 0 Å². The number of nitrogens with two attached hydrogens (primary N) is 2. The van der Waals surface area contributed by atoms with Gasteiger partial charge in [0.1, 0.15) is 62.1 Å². The molecule has 19 nitrogen and oxygen atoms in total. The van der Waals surface area contributed by atoms with Gasteiger partial charge in [-0.2, -0.15) is 0 Å². The van der Waals surface area contributed by atoms with Crippen molar-refractivity contribution in [3.8, 4) is 17.2 Å². The van der Waals surface area contributed by atoms with E-state index in [9.17, 15) is 59.9 Å². The first-order valence-electron chi connectivity index (χ1n) is 31.4. The van der Waals surface area contributed by atoms with E-state index in [0.717, 1.165) is 74.5 Å². The molecule has 0 unspecified atom stereocenters. The summed E-state index contributed by atoms with van der Waals surface area (Å²) >= 11 is 13.7. The average Bonchev–Trinajstić information content (AvgIpc) is 1.07. The Bertz CT molecular complexity index is 3510. The first-order valence-corrected chi connectivity index (χ1v) is 33.3. The van der Waals surface area contributed by atoms with Crippen molar-refractivity contribution in [2.75, 3.05) is 44.9 Å². The van der Waals surface area contributed by atoms with Crippen LogP contribution in [0.2, 0.25) is 0 Å². The van der Waals surface area contributed by atoms with Crippen molar-refractivity contribution < 1.29 is 96.4 Å². The van der Waals surface area contributed by atoms with Gasteiger partial charge in [-0.25, -0.2) is 26.3 Å². The van der Waals surface area contributed by atoms with Crippen molar-refractivity contribution >= 4 is 81.3 Å². The molecule has 0 bridgehead atoms. The molecule has 10 rings (SSSR count). The van der Waals surface area contributed by atoms with E-state index in [1.807, 2.05) is 49.2 Å². The zero-order chi connectivity index (χ0) is 71.6. The second-order valence-corrected chi connectivity index (χ2v) is 23.5. The lowest BCUT2D eigenvalue weighted by Crippen LogP contribution is -3.00. The third kappa shape index (κ3) is 28.9. The van der Waals surface area contributed by atoms with Crippen LogP contribution in [0.1, 0.15) is 167 Å². The minimum absolute atomic E-state index is 0. The number of Topliss-reactive ketones (excluding diaryl/α,β-unsaturated/α-hetero) is 4. The number of ketones is 4. The molecule has 6 aromatic rings. The lowest BCUT2D eigenvalue weighted by molar-refractivity contribution is -0.145. The number of carbonyl (C=O) groups excluding carboxylic acids is 7. The first-order chi connectivity index (χ1) is 45.7. The van der Waals surface area contributed by atoms with Crippen molar-refractivity contribution in [3.05, 3.63) is 157 Å². The molecule has 0 saturated heterocycles. The number of amides is 2. The van der Waals surface area contributed by atoms with Gasteiger partial charge in [0.05, 0.1) is 28.5 Å². The lowest BCUT2D eigenvalue weighted by Gasteiger charge is -2.28. The fraction of sp³-hybridized carbons (Fsp3) is 0.456. The van der Waals surface area contributed by atoms with Crippen LogP contribution < -0.4 is 43.4 Å². The quantitative estimate of drug-likeness (QED) is 0.0153. The maximum Gasteiger partial charge on any atom is 0.303 e. The minimum atomic E-state index is -0.664. The average molecular weight is 1490 g/mol. The zero-order valence-electron chi connectivity index (χ0n) is 55.3. The van der Waals surface area contributed by atoms with Crippen LogP contribution in [0, 0.1) is 44.4 Å². The summed E-state index contributed by atoms with van der Waals surface area (Å²) < 4.78 is 106. The minimum Gasteiger partial charge on any atom is -1.00 e. The van der Waals surface area contributed by atoms with E-state index in [4.69, 9.17) is 55.2 Å². The molecule has 0 aliphatic carbocycles. The Morgan fingerprint density at radius 2 is 1.01 bits per heavy atom. The summed E-state index contributed by atoms with van der Waals surface area (Å²) in [6.07, 6.45) is 13.8. The number of imide groups is 1. The maximum atomic E-state index is 13.7. The molecule has 534 valence electrons. The van der Waals surface area contributed by atoms with Gasteiger partial charge in [-0.15, -0.1) is 0 Å². The number of aromatic nitrogens is 4. The summed E-state index contributed by atoms with van der Waals surface area (Å²) in [5, 5.41) is 10.8. The summed E-state index contributed by atoms with van der Waals surface area (Å²) in [6.45, 7) is 13.9. The molecule has 2 amide bonds. The second-order valence-electron chi connectivity index (χ2n) is 22.2. The van der Waals surface area contributed by atoms with Crippen LogP contribution in [0.5, 0.6) is 17.2 Å². The molecule has 97 heavy (non-hydrogen) atoms. The Kier molecular flexibility index (Phi) is 40.0. The van der Waals surface area contributed by atoms with E-state index in [0.29, 0.717) is 113 Å². The standard InChI is InChI=1S/C15H16F2N2OS.C14H15F2N3OS.C9H9F2NO.C8H5NO2.C7H12O3.C5H9BrO.C5H10O2.C5H10O.ClH/c1-2-3-11-7-18-15(21)19(11)12-5-9-4-10(16)6-13(17)14(9)20-8-12;15-9-3-8-4-11(7-20-13(8)12(16)5-9)19-10(1-2-17)6-18-14(19)21;10-6-1-5-2-7(12)4-13-9(5)8(11)3-6;10-7-5-3-1-2-4-6(5)8(11)9-7;1-3-4-7(9)5-10-6(2)8;2*1-2-3-5(7)4-6;1-3-4-5(2)6;/h4,6-7,12H,2-3,5,8H2,1H3,(H,18,21);3,5-6,11H,1-2,4,7,17H2,(H,18,21);1,3,7H,2,4,12H2;1-4H,(H,9,10,11);3-5H2,1-2H3;2-4H2,1H3;6H,2-4H2,1H3;3-4H2,1-2H3;1H/p-1/t12-;11-;7-;;;;;;/m111....../s1. The molecule has 29 heteroatoms.